The third-order valence-corrected chi connectivity index (χ3v) is 4.42. The van der Waals surface area contributed by atoms with Gasteiger partial charge in [0.25, 0.3) is 5.56 Å². The highest BCUT2D eigenvalue weighted by molar-refractivity contribution is 7.71. The van der Waals surface area contributed by atoms with E-state index in [1.165, 1.54) is 4.57 Å². The molecular weight excluding hydrogens is 413 g/mol. The third kappa shape index (κ3) is 5.15. The van der Waals surface area contributed by atoms with E-state index >= 15 is 0 Å². The molecule has 0 saturated carbocycles. The van der Waals surface area contributed by atoms with Crippen LogP contribution >= 0.6 is 12.2 Å². The van der Waals surface area contributed by atoms with Crippen LogP contribution in [0.4, 0.5) is 19.1 Å². The van der Waals surface area contributed by atoms with Crippen LogP contribution < -0.4 is 15.8 Å². The van der Waals surface area contributed by atoms with Gasteiger partial charge in [0.2, 0.25) is 5.95 Å². The van der Waals surface area contributed by atoms with Crippen LogP contribution in [0.25, 0.3) is 11.2 Å². The van der Waals surface area contributed by atoms with Gasteiger partial charge in [-0.1, -0.05) is 5.92 Å². The third-order valence-electron chi connectivity index (χ3n) is 4.04. The van der Waals surface area contributed by atoms with Crippen LogP contribution in [-0.2, 0) is 18.4 Å². The molecule has 2 aromatic rings. The second kappa shape index (κ2) is 9.10. The number of aliphatic carboxylic acids is 1. The molecule has 0 bridgehead atoms. The number of aromatic amines is 1. The van der Waals surface area contributed by atoms with E-state index in [2.05, 4.69) is 32.0 Å². The lowest BCUT2D eigenvalue weighted by atomic mass is 10.4. The van der Waals surface area contributed by atoms with Gasteiger partial charge in [0.05, 0.1) is 6.54 Å². The number of H-pyrrole nitrogens is 1. The Labute approximate surface area is 168 Å². The van der Waals surface area contributed by atoms with Crippen molar-refractivity contribution < 1.29 is 23.1 Å². The molecule has 0 unspecified atom stereocenters. The largest absolute Gasteiger partial charge is 0.490 e. The number of fused-ring (bicyclic) bond motifs is 1. The molecule has 2 aromatic heterocycles. The van der Waals surface area contributed by atoms with Gasteiger partial charge in [-0.2, -0.15) is 18.2 Å². The molecule has 29 heavy (non-hydrogen) atoms. The maximum Gasteiger partial charge on any atom is 0.490 e. The number of hydrogen-bond donors (Lipinski definition) is 3. The van der Waals surface area contributed by atoms with Crippen molar-refractivity contribution in [3.63, 3.8) is 0 Å². The van der Waals surface area contributed by atoms with Crippen LogP contribution in [0.2, 0.25) is 0 Å². The molecule has 1 aliphatic heterocycles. The highest BCUT2D eigenvalue weighted by atomic mass is 32.1. The van der Waals surface area contributed by atoms with E-state index in [1.54, 1.807) is 14.0 Å². The minimum Gasteiger partial charge on any atom is -0.475 e. The van der Waals surface area contributed by atoms with Crippen LogP contribution in [0.1, 0.15) is 6.92 Å². The van der Waals surface area contributed by atoms with Crippen molar-refractivity contribution >= 4 is 35.3 Å². The van der Waals surface area contributed by atoms with E-state index in [9.17, 15) is 18.0 Å². The Bertz CT molecular complexity index is 1070. The summed E-state index contributed by atoms with van der Waals surface area (Å²) < 4.78 is 35.4. The zero-order valence-electron chi connectivity index (χ0n) is 15.6. The van der Waals surface area contributed by atoms with Gasteiger partial charge in [-0.05, 0) is 19.1 Å². The number of nitrogens with one attached hydrogen (secondary N) is 2. The van der Waals surface area contributed by atoms with E-state index in [0.29, 0.717) is 22.5 Å². The van der Waals surface area contributed by atoms with Crippen molar-refractivity contribution in [3.8, 4) is 11.8 Å². The summed E-state index contributed by atoms with van der Waals surface area (Å²) >= 11 is 5.17. The average molecular weight is 432 g/mol. The molecule has 158 valence electrons. The highest BCUT2D eigenvalue weighted by Crippen LogP contribution is 2.19. The first-order chi connectivity index (χ1) is 13.6. The summed E-state index contributed by atoms with van der Waals surface area (Å²) in [5.74, 6) is 3.92. The van der Waals surface area contributed by atoms with Crippen molar-refractivity contribution in [3.05, 3.63) is 15.1 Å². The zero-order valence-corrected chi connectivity index (χ0v) is 16.4. The van der Waals surface area contributed by atoms with Crippen LogP contribution in [-0.4, -0.2) is 62.5 Å². The van der Waals surface area contributed by atoms with Crippen LogP contribution in [0.15, 0.2) is 4.79 Å². The fraction of sp³-hybridized carbons (Fsp3) is 0.500. The minimum atomic E-state index is -5.08. The number of alkyl halides is 3. The molecule has 3 heterocycles. The summed E-state index contributed by atoms with van der Waals surface area (Å²) in [6.45, 7) is 5.72. The Morgan fingerprint density at radius 1 is 1.34 bits per heavy atom. The molecule has 1 aliphatic rings. The van der Waals surface area contributed by atoms with Gasteiger partial charge in [0.1, 0.15) is 0 Å². The molecular formula is C16H19F3N6O3S. The minimum absolute atomic E-state index is 0.148. The van der Waals surface area contributed by atoms with Gasteiger partial charge < -0.3 is 20.3 Å². The molecule has 3 N–H and O–H groups in total. The Hall–Kier alpha value is -2.85. The number of hydrogen-bond acceptors (Lipinski definition) is 6. The molecule has 0 amide bonds. The van der Waals surface area contributed by atoms with Gasteiger partial charge in [-0.3, -0.25) is 13.9 Å². The van der Waals surface area contributed by atoms with E-state index in [1.807, 2.05) is 4.57 Å². The molecule has 9 nitrogen and oxygen atoms in total. The predicted octanol–water partition coefficient (Wildman–Crippen LogP) is 0.859. The van der Waals surface area contributed by atoms with Gasteiger partial charge in [0, 0.05) is 33.2 Å². The van der Waals surface area contributed by atoms with E-state index < -0.39 is 12.1 Å². The predicted molar refractivity (Wildman–Crippen MR) is 102 cm³/mol. The van der Waals surface area contributed by atoms with Crippen LogP contribution in [0, 0.1) is 16.6 Å². The van der Waals surface area contributed by atoms with Gasteiger partial charge in [-0.15, -0.1) is 5.92 Å². The van der Waals surface area contributed by atoms with Crippen molar-refractivity contribution in [1.82, 2.24) is 24.4 Å². The second-order valence-corrected chi connectivity index (χ2v) is 6.34. The lowest BCUT2D eigenvalue weighted by Gasteiger charge is -2.28. The number of anilines is 1. The summed E-state index contributed by atoms with van der Waals surface area (Å²) in [7, 11) is 1.66. The number of carboxylic acids is 1. The Morgan fingerprint density at radius 2 is 1.93 bits per heavy atom. The quantitative estimate of drug-likeness (QED) is 0.477. The number of imidazole rings is 1. The fourth-order valence-electron chi connectivity index (χ4n) is 2.60. The Kier molecular flexibility index (Phi) is 7.04. The van der Waals surface area contributed by atoms with E-state index in [0.717, 1.165) is 32.1 Å². The van der Waals surface area contributed by atoms with Crippen molar-refractivity contribution in [2.24, 2.45) is 7.05 Å². The number of carboxylic acid groups (broad SMARTS) is 1. The maximum atomic E-state index is 12.6. The van der Waals surface area contributed by atoms with Crippen molar-refractivity contribution in [2.75, 3.05) is 31.1 Å². The number of aromatic nitrogens is 4. The molecule has 1 fully saturated rings. The first kappa shape index (κ1) is 22.4. The van der Waals surface area contributed by atoms with Gasteiger partial charge in [0.15, 0.2) is 15.9 Å². The summed E-state index contributed by atoms with van der Waals surface area (Å²) in [5.41, 5.74) is 0.900. The fourth-order valence-corrected chi connectivity index (χ4v) is 2.77. The average Bonchev–Trinajstić information content (AvgIpc) is 3.03. The van der Waals surface area contributed by atoms with Crippen molar-refractivity contribution in [2.45, 2.75) is 19.6 Å². The molecule has 0 aliphatic carbocycles. The van der Waals surface area contributed by atoms with Crippen LogP contribution in [0.5, 0.6) is 0 Å². The monoisotopic (exact) mass is 432 g/mol. The lowest BCUT2D eigenvalue weighted by molar-refractivity contribution is -0.192. The number of rotatable bonds is 2. The maximum absolute atomic E-state index is 12.6. The molecule has 13 heteroatoms. The number of nitrogens with zero attached hydrogens (tertiary/aromatic N) is 4. The van der Waals surface area contributed by atoms with Crippen LogP contribution in [0.3, 0.4) is 0 Å². The number of piperazine rings is 1. The van der Waals surface area contributed by atoms with E-state index in [4.69, 9.17) is 22.1 Å². The highest BCUT2D eigenvalue weighted by Gasteiger charge is 2.38. The molecule has 1 saturated heterocycles. The normalized spacial score (nSPS) is 14.0. The van der Waals surface area contributed by atoms with E-state index in [-0.39, 0.29) is 5.56 Å². The Morgan fingerprint density at radius 3 is 2.45 bits per heavy atom. The van der Waals surface area contributed by atoms with Crippen molar-refractivity contribution in [1.29, 1.82) is 0 Å². The molecule has 0 atom stereocenters. The molecule has 0 spiro atoms. The molecule has 3 rings (SSSR count). The lowest BCUT2D eigenvalue weighted by Crippen LogP contribution is -2.44. The summed E-state index contributed by atoms with van der Waals surface area (Å²) in [6.07, 6.45) is -5.08. The molecule has 0 radical (unpaired) electrons. The summed E-state index contributed by atoms with van der Waals surface area (Å²) in [4.78, 5) is 31.3. The summed E-state index contributed by atoms with van der Waals surface area (Å²) in [6, 6.07) is 0. The first-order valence-corrected chi connectivity index (χ1v) is 8.83. The molecule has 0 aromatic carbocycles. The topological polar surface area (TPSA) is 108 Å². The number of carbonyl (C=O) groups is 1. The summed E-state index contributed by atoms with van der Waals surface area (Å²) in [5, 5.41) is 10.4. The zero-order chi connectivity index (χ0) is 21.8. The number of halogens is 3. The SMILES string of the molecule is CC#CCn1c(N2CCNCC2)nc2[nH]c(=S)n(C)c(=O)c21.O=C(O)C(F)(F)F. The van der Waals surface area contributed by atoms with Gasteiger partial charge >= 0.3 is 12.1 Å². The second-order valence-electron chi connectivity index (χ2n) is 5.96. The van der Waals surface area contributed by atoms with Gasteiger partial charge in [-0.25, -0.2) is 4.79 Å². The standard InChI is InChI=1S/C14H18N6OS.C2HF3O2/c1-3-4-7-20-10-11(17-14(22)18(2)12(10)21)16-13(20)19-8-5-15-6-9-19;3-2(4,5)1(6)7/h15H,5-9H2,1-2H3,(H,17,22);(H,6,7). The first-order valence-electron chi connectivity index (χ1n) is 8.42. The Balaban J connectivity index is 0.000000370. The smallest absolute Gasteiger partial charge is 0.475 e.